The van der Waals surface area contributed by atoms with Crippen molar-refractivity contribution < 1.29 is 18.3 Å². The van der Waals surface area contributed by atoms with Crippen molar-refractivity contribution >= 4 is 32.6 Å². The second kappa shape index (κ2) is 10.2. The fourth-order valence-electron chi connectivity index (χ4n) is 4.99. The fourth-order valence-corrected chi connectivity index (χ4v) is 6.18. The van der Waals surface area contributed by atoms with Crippen molar-refractivity contribution in [1.29, 1.82) is 0 Å². The molecule has 0 radical (unpaired) electrons. The van der Waals surface area contributed by atoms with Gasteiger partial charge in [-0.25, -0.2) is 8.42 Å². The van der Waals surface area contributed by atoms with Gasteiger partial charge in [0.1, 0.15) is 6.04 Å². The minimum Gasteiger partial charge on any atom is -0.480 e. The summed E-state index contributed by atoms with van der Waals surface area (Å²) in [7, 11) is -4.01. The monoisotopic (exact) mass is 503 g/mol. The van der Waals surface area contributed by atoms with Crippen LogP contribution in [-0.4, -0.2) is 43.6 Å². The lowest BCUT2D eigenvalue weighted by Gasteiger charge is -2.34. The third-order valence-electron chi connectivity index (χ3n) is 6.97. The predicted octanol–water partition coefficient (Wildman–Crippen LogP) is 4.53. The highest BCUT2D eigenvalue weighted by molar-refractivity contribution is 7.89. The zero-order valence-corrected chi connectivity index (χ0v) is 20.6. The SMILES string of the molecule is O=C(O)[C@@H](Cc1c[nH]c2ccccc12)NS(=O)(=O)c1ccc(N2CCC(c3ccccc3)CC2)cc1. The molecule has 36 heavy (non-hydrogen) atoms. The number of para-hydroxylation sites is 1. The van der Waals surface area contributed by atoms with Crippen LogP contribution in [0.1, 0.15) is 29.9 Å². The summed E-state index contributed by atoms with van der Waals surface area (Å²) in [6.07, 6.45) is 3.84. The summed E-state index contributed by atoms with van der Waals surface area (Å²) < 4.78 is 28.4. The van der Waals surface area contributed by atoms with Crippen molar-refractivity contribution in [3.05, 3.63) is 96.2 Å². The normalized spacial score (nSPS) is 15.7. The van der Waals surface area contributed by atoms with Gasteiger partial charge in [0.05, 0.1) is 4.90 Å². The number of benzene rings is 3. The van der Waals surface area contributed by atoms with E-state index < -0.39 is 22.0 Å². The highest BCUT2D eigenvalue weighted by Crippen LogP contribution is 2.30. The molecule has 0 amide bonds. The number of nitrogens with one attached hydrogen (secondary N) is 2. The van der Waals surface area contributed by atoms with Crippen molar-refractivity contribution in [1.82, 2.24) is 9.71 Å². The Balaban J connectivity index is 1.25. The molecule has 5 rings (SSSR count). The van der Waals surface area contributed by atoms with Crippen LogP contribution in [0.2, 0.25) is 0 Å². The number of rotatable bonds is 8. The van der Waals surface area contributed by atoms with Gasteiger partial charge in [0.15, 0.2) is 0 Å². The Hall–Kier alpha value is -3.62. The van der Waals surface area contributed by atoms with Crippen LogP contribution in [0.5, 0.6) is 0 Å². The third-order valence-corrected chi connectivity index (χ3v) is 8.46. The topological polar surface area (TPSA) is 102 Å². The molecule has 186 valence electrons. The number of aliphatic carboxylic acids is 1. The van der Waals surface area contributed by atoms with Gasteiger partial charge in [-0.3, -0.25) is 4.79 Å². The Morgan fingerprint density at radius 1 is 0.972 bits per heavy atom. The number of aromatic amines is 1. The molecule has 2 heterocycles. The van der Waals surface area contributed by atoms with Crippen LogP contribution in [0.4, 0.5) is 5.69 Å². The number of hydrogen-bond donors (Lipinski definition) is 3. The van der Waals surface area contributed by atoms with E-state index in [1.807, 2.05) is 30.3 Å². The Labute approximate surface area is 210 Å². The lowest BCUT2D eigenvalue weighted by atomic mass is 9.89. The molecule has 7 nitrogen and oxygen atoms in total. The number of hydrogen-bond acceptors (Lipinski definition) is 4. The zero-order chi connectivity index (χ0) is 25.1. The van der Waals surface area contributed by atoms with Gasteiger partial charge in [-0.1, -0.05) is 48.5 Å². The third kappa shape index (κ3) is 5.15. The van der Waals surface area contributed by atoms with Crippen LogP contribution < -0.4 is 9.62 Å². The van der Waals surface area contributed by atoms with E-state index in [0.29, 0.717) is 5.92 Å². The van der Waals surface area contributed by atoms with Gasteiger partial charge >= 0.3 is 5.97 Å². The van der Waals surface area contributed by atoms with Gasteiger partial charge in [-0.15, -0.1) is 0 Å². The van der Waals surface area contributed by atoms with Crippen LogP contribution in [0, 0.1) is 0 Å². The lowest BCUT2D eigenvalue weighted by molar-refractivity contribution is -0.138. The summed E-state index contributed by atoms with van der Waals surface area (Å²) in [5, 5.41) is 10.6. The summed E-state index contributed by atoms with van der Waals surface area (Å²) >= 11 is 0. The van der Waals surface area contributed by atoms with Gasteiger partial charge in [-0.2, -0.15) is 4.72 Å². The molecule has 1 fully saturated rings. The van der Waals surface area contributed by atoms with Crippen LogP contribution in [0.3, 0.4) is 0 Å². The molecule has 0 saturated carbocycles. The molecule has 0 unspecified atom stereocenters. The van der Waals surface area contributed by atoms with Crippen molar-refractivity contribution in [2.45, 2.75) is 36.1 Å². The number of nitrogens with zero attached hydrogens (tertiary/aromatic N) is 1. The van der Waals surface area contributed by atoms with Gasteiger partial charge in [0.2, 0.25) is 10.0 Å². The average Bonchev–Trinajstić information content (AvgIpc) is 3.32. The largest absolute Gasteiger partial charge is 0.480 e. The molecule has 1 saturated heterocycles. The second-order valence-electron chi connectivity index (χ2n) is 9.24. The molecule has 3 N–H and O–H groups in total. The van der Waals surface area contributed by atoms with E-state index in [0.717, 1.165) is 48.1 Å². The Kier molecular flexibility index (Phi) is 6.80. The molecule has 0 bridgehead atoms. The minimum absolute atomic E-state index is 0.0347. The van der Waals surface area contributed by atoms with Crippen LogP contribution in [0.15, 0.2) is 90.0 Å². The molecular weight excluding hydrogens is 474 g/mol. The number of H-pyrrole nitrogens is 1. The molecule has 0 spiro atoms. The first-order chi connectivity index (χ1) is 17.4. The first-order valence-electron chi connectivity index (χ1n) is 12.1. The summed E-state index contributed by atoms with van der Waals surface area (Å²) in [5.41, 5.74) is 3.96. The predicted molar refractivity (Wildman–Crippen MR) is 141 cm³/mol. The maximum atomic E-state index is 13.0. The number of carboxylic acids is 1. The Morgan fingerprint density at radius 2 is 1.64 bits per heavy atom. The number of anilines is 1. The summed E-state index contributed by atoms with van der Waals surface area (Å²) in [6.45, 7) is 1.80. The molecule has 8 heteroatoms. The standard InChI is InChI=1S/C28H29N3O4S/c32-28(33)27(18-22-19-29-26-9-5-4-8-25(22)26)30-36(34,35)24-12-10-23(11-13-24)31-16-14-21(15-17-31)20-6-2-1-3-7-20/h1-13,19,21,27,29-30H,14-18H2,(H,32,33)/t27-/m1/s1. The Bertz CT molecular complexity index is 1440. The molecule has 1 aliphatic rings. The van der Waals surface area contributed by atoms with Crippen LogP contribution >= 0.6 is 0 Å². The van der Waals surface area contributed by atoms with Crippen molar-refractivity contribution in [2.24, 2.45) is 0 Å². The summed E-state index contributed by atoms with van der Waals surface area (Å²) in [6, 6.07) is 23.5. The molecule has 1 aromatic heterocycles. The minimum atomic E-state index is -4.01. The molecule has 1 aliphatic heterocycles. The quantitative estimate of drug-likeness (QED) is 0.328. The molecule has 3 aromatic carbocycles. The molecule has 0 aliphatic carbocycles. The van der Waals surface area contributed by atoms with E-state index in [-0.39, 0.29) is 11.3 Å². The molecule has 1 atom stereocenters. The number of carbonyl (C=O) groups is 1. The van der Waals surface area contributed by atoms with Crippen LogP contribution in [-0.2, 0) is 21.2 Å². The van der Waals surface area contributed by atoms with Gasteiger partial charge < -0.3 is 15.0 Å². The maximum absolute atomic E-state index is 13.0. The van der Waals surface area contributed by atoms with Gasteiger partial charge in [0.25, 0.3) is 0 Å². The summed E-state index contributed by atoms with van der Waals surface area (Å²) in [5.74, 6) is -0.682. The van der Waals surface area contributed by atoms with Crippen molar-refractivity contribution in [3.63, 3.8) is 0 Å². The Morgan fingerprint density at radius 3 is 2.33 bits per heavy atom. The van der Waals surface area contributed by atoms with Crippen molar-refractivity contribution in [3.8, 4) is 0 Å². The van der Waals surface area contributed by atoms with E-state index in [2.05, 4.69) is 38.9 Å². The van der Waals surface area contributed by atoms with E-state index >= 15 is 0 Å². The molecule has 4 aromatic rings. The van der Waals surface area contributed by atoms with Gasteiger partial charge in [0, 0.05) is 42.3 Å². The highest BCUT2D eigenvalue weighted by Gasteiger charge is 2.27. The van der Waals surface area contributed by atoms with Gasteiger partial charge in [-0.05, 0) is 60.2 Å². The van der Waals surface area contributed by atoms with E-state index in [9.17, 15) is 18.3 Å². The first-order valence-corrected chi connectivity index (χ1v) is 13.6. The average molecular weight is 504 g/mol. The summed E-state index contributed by atoms with van der Waals surface area (Å²) in [4.78, 5) is 17.3. The van der Waals surface area contributed by atoms with Crippen LogP contribution in [0.25, 0.3) is 10.9 Å². The smallest absolute Gasteiger partial charge is 0.322 e. The number of carboxylic acid groups (broad SMARTS) is 1. The fraction of sp³-hybridized carbons (Fsp3) is 0.250. The highest BCUT2D eigenvalue weighted by atomic mass is 32.2. The number of sulfonamides is 1. The number of aromatic nitrogens is 1. The van der Waals surface area contributed by atoms with E-state index in [4.69, 9.17) is 0 Å². The lowest BCUT2D eigenvalue weighted by Crippen LogP contribution is -2.42. The molecular formula is C28H29N3O4S. The number of piperidine rings is 1. The second-order valence-corrected chi connectivity index (χ2v) is 11.0. The van der Waals surface area contributed by atoms with Crippen molar-refractivity contribution in [2.75, 3.05) is 18.0 Å². The van der Waals surface area contributed by atoms with E-state index in [1.165, 1.54) is 5.56 Å². The number of fused-ring (bicyclic) bond motifs is 1. The van der Waals surface area contributed by atoms with E-state index in [1.54, 1.807) is 30.5 Å². The first kappa shape index (κ1) is 24.1. The zero-order valence-electron chi connectivity index (χ0n) is 19.8. The maximum Gasteiger partial charge on any atom is 0.322 e.